The first-order valence-corrected chi connectivity index (χ1v) is 9.98. The number of hydrazone groups is 1. The highest BCUT2D eigenvalue weighted by atomic mass is 32.1. The molecule has 0 radical (unpaired) electrons. The number of nitrogens with one attached hydrogen (secondary N) is 1. The molecule has 3 aromatic rings. The summed E-state index contributed by atoms with van der Waals surface area (Å²) in [6, 6.07) is 17.9. The Morgan fingerprint density at radius 3 is 2.37 bits per heavy atom. The third-order valence-corrected chi connectivity index (χ3v) is 4.82. The lowest BCUT2D eigenvalue weighted by Crippen LogP contribution is -2.19. The number of rotatable bonds is 8. The number of hydrogen-bond acceptors (Lipinski definition) is 6. The fourth-order valence-electron chi connectivity index (χ4n) is 2.44. The lowest BCUT2D eigenvalue weighted by Gasteiger charge is -2.02. The number of ether oxygens (including phenoxy) is 2. The van der Waals surface area contributed by atoms with Gasteiger partial charge in [0.15, 0.2) is 0 Å². The first-order chi connectivity index (χ1) is 14.6. The van der Waals surface area contributed by atoms with Crippen LogP contribution in [0.1, 0.15) is 16.0 Å². The molecule has 1 heterocycles. The highest BCUT2D eigenvalue weighted by molar-refractivity contribution is 7.10. The fourth-order valence-corrected chi connectivity index (χ4v) is 3.14. The third kappa shape index (κ3) is 6.72. The summed E-state index contributed by atoms with van der Waals surface area (Å²) in [5.74, 6) is 0.509. The fraction of sp³-hybridized carbons (Fsp3) is 0.0870. The van der Waals surface area contributed by atoms with E-state index in [2.05, 4.69) is 10.5 Å². The molecule has 1 amide bonds. The molecule has 0 aliphatic rings. The zero-order valence-corrected chi connectivity index (χ0v) is 17.1. The first kappa shape index (κ1) is 21.0. The SMILES string of the molecule is COc1ccc(/C=C/C(=O)Oc2ccc(/C=N\NC(=O)Cc3cccs3)cc2)cc1. The zero-order valence-electron chi connectivity index (χ0n) is 16.3. The Kier molecular flexibility index (Phi) is 7.51. The Morgan fingerprint density at radius 1 is 1.00 bits per heavy atom. The van der Waals surface area contributed by atoms with Crippen LogP contribution in [0.5, 0.6) is 11.5 Å². The second-order valence-electron chi connectivity index (χ2n) is 6.15. The minimum atomic E-state index is -0.479. The maximum absolute atomic E-state index is 12.0. The van der Waals surface area contributed by atoms with Crippen molar-refractivity contribution in [2.75, 3.05) is 7.11 Å². The van der Waals surface area contributed by atoms with Crippen LogP contribution in [0.15, 0.2) is 77.2 Å². The monoisotopic (exact) mass is 420 g/mol. The number of carbonyl (C=O) groups is 2. The van der Waals surface area contributed by atoms with Gasteiger partial charge < -0.3 is 9.47 Å². The minimum absolute atomic E-state index is 0.178. The molecular formula is C23H20N2O4S. The van der Waals surface area contributed by atoms with Gasteiger partial charge in [-0.15, -0.1) is 11.3 Å². The van der Waals surface area contributed by atoms with E-state index < -0.39 is 5.97 Å². The Balaban J connectivity index is 1.46. The van der Waals surface area contributed by atoms with Crippen LogP contribution in [0.3, 0.4) is 0 Å². The molecule has 0 atom stereocenters. The van der Waals surface area contributed by atoms with Crippen LogP contribution in [0.25, 0.3) is 6.08 Å². The zero-order chi connectivity index (χ0) is 21.2. The van der Waals surface area contributed by atoms with E-state index in [1.807, 2.05) is 41.8 Å². The van der Waals surface area contributed by atoms with Gasteiger partial charge in [-0.3, -0.25) is 4.79 Å². The van der Waals surface area contributed by atoms with Crippen LogP contribution in [-0.2, 0) is 16.0 Å². The highest BCUT2D eigenvalue weighted by Crippen LogP contribution is 2.14. The van der Waals surface area contributed by atoms with Crippen molar-refractivity contribution in [2.24, 2.45) is 5.10 Å². The lowest BCUT2D eigenvalue weighted by molar-refractivity contribution is -0.129. The van der Waals surface area contributed by atoms with Crippen molar-refractivity contribution in [2.45, 2.75) is 6.42 Å². The average Bonchev–Trinajstić information content (AvgIpc) is 3.27. The van der Waals surface area contributed by atoms with E-state index >= 15 is 0 Å². The number of amides is 1. The molecule has 1 N–H and O–H groups in total. The molecule has 6 nitrogen and oxygen atoms in total. The molecular weight excluding hydrogens is 400 g/mol. The topological polar surface area (TPSA) is 77.0 Å². The molecule has 0 bridgehead atoms. The minimum Gasteiger partial charge on any atom is -0.497 e. The van der Waals surface area contributed by atoms with Gasteiger partial charge in [0.2, 0.25) is 5.91 Å². The molecule has 0 spiro atoms. The van der Waals surface area contributed by atoms with E-state index in [0.29, 0.717) is 12.2 Å². The molecule has 0 aliphatic heterocycles. The van der Waals surface area contributed by atoms with E-state index in [9.17, 15) is 9.59 Å². The molecule has 0 aliphatic carbocycles. The second-order valence-corrected chi connectivity index (χ2v) is 7.18. The molecule has 152 valence electrons. The Hall–Kier alpha value is -3.71. The summed E-state index contributed by atoms with van der Waals surface area (Å²) >= 11 is 1.53. The van der Waals surface area contributed by atoms with Gasteiger partial charge in [-0.1, -0.05) is 18.2 Å². The lowest BCUT2D eigenvalue weighted by atomic mass is 10.2. The van der Waals surface area contributed by atoms with Crippen molar-refractivity contribution in [3.05, 3.63) is 88.1 Å². The van der Waals surface area contributed by atoms with Crippen molar-refractivity contribution in [3.8, 4) is 11.5 Å². The summed E-state index contributed by atoms with van der Waals surface area (Å²) in [6.45, 7) is 0. The number of esters is 1. The second kappa shape index (κ2) is 10.7. The quantitative estimate of drug-likeness (QED) is 0.196. The summed E-state index contributed by atoms with van der Waals surface area (Å²) in [5.41, 5.74) is 4.12. The van der Waals surface area contributed by atoms with Crippen molar-refractivity contribution < 1.29 is 19.1 Å². The van der Waals surface area contributed by atoms with Gasteiger partial charge in [0.1, 0.15) is 11.5 Å². The molecule has 7 heteroatoms. The van der Waals surface area contributed by atoms with E-state index in [1.54, 1.807) is 37.5 Å². The standard InChI is InChI=1S/C23H20N2O4S/c1-28-19-9-4-17(5-10-19)8-13-23(27)29-20-11-6-18(7-12-20)16-24-25-22(26)15-21-3-2-14-30-21/h2-14,16H,15H2,1H3,(H,25,26)/b13-8+,24-16-. The van der Waals surface area contributed by atoms with Crippen LogP contribution in [0, 0.1) is 0 Å². The molecule has 3 rings (SSSR count). The van der Waals surface area contributed by atoms with Crippen LogP contribution in [0.2, 0.25) is 0 Å². The normalized spacial score (nSPS) is 11.0. The van der Waals surface area contributed by atoms with Gasteiger partial charge in [0.25, 0.3) is 0 Å². The van der Waals surface area contributed by atoms with Crippen molar-refractivity contribution >= 4 is 35.5 Å². The summed E-state index contributed by atoms with van der Waals surface area (Å²) in [4.78, 5) is 24.7. The number of hydrogen-bond donors (Lipinski definition) is 1. The highest BCUT2D eigenvalue weighted by Gasteiger charge is 2.03. The Labute approximate surface area is 178 Å². The van der Waals surface area contributed by atoms with Crippen molar-refractivity contribution in [3.63, 3.8) is 0 Å². The number of nitrogens with zero attached hydrogens (tertiary/aromatic N) is 1. The van der Waals surface area contributed by atoms with E-state index in [4.69, 9.17) is 9.47 Å². The van der Waals surface area contributed by atoms with E-state index in [-0.39, 0.29) is 5.91 Å². The number of thiophene rings is 1. The largest absolute Gasteiger partial charge is 0.497 e. The van der Waals surface area contributed by atoms with Crippen LogP contribution >= 0.6 is 11.3 Å². The van der Waals surface area contributed by atoms with E-state index in [1.165, 1.54) is 23.6 Å². The van der Waals surface area contributed by atoms with Crippen LogP contribution in [-0.4, -0.2) is 25.2 Å². The van der Waals surface area contributed by atoms with Gasteiger partial charge >= 0.3 is 5.97 Å². The summed E-state index contributed by atoms with van der Waals surface area (Å²) in [5, 5.41) is 5.87. The number of methoxy groups -OCH3 is 1. The van der Waals surface area contributed by atoms with Crippen molar-refractivity contribution in [1.29, 1.82) is 0 Å². The first-order valence-electron chi connectivity index (χ1n) is 9.11. The van der Waals surface area contributed by atoms with Crippen molar-refractivity contribution in [1.82, 2.24) is 5.43 Å². The van der Waals surface area contributed by atoms with Crippen LogP contribution in [0.4, 0.5) is 0 Å². The van der Waals surface area contributed by atoms with Crippen LogP contribution < -0.4 is 14.9 Å². The maximum Gasteiger partial charge on any atom is 0.336 e. The van der Waals surface area contributed by atoms with Gasteiger partial charge in [0.05, 0.1) is 19.7 Å². The molecule has 0 unspecified atom stereocenters. The summed E-state index contributed by atoms with van der Waals surface area (Å²) in [7, 11) is 1.60. The Morgan fingerprint density at radius 2 is 1.70 bits per heavy atom. The summed E-state index contributed by atoms with van der Waals surface area (Å²) in [6.07, 6.45) is 4.86. The summed E-state index contributed by atoms with van der Waals surface area (Å²) < 4.78 is 10.4. The Bertz CT molecular complexity index is 1020. The maximum atomic E-state index is 12.0. The average molecular weight is 420 g/mol. The molecule has 0 saturated carbocycles. The smallest absolute Gasteiger partial charge is 0.336 e. The number of carbonyl (C=O) groups excluding carboxylic acids is 2. The van der Waals surface area contributed by atoms with Gasteiger partial charge in [-0.2, -0.15) is 5.10 Å². The molecule has 2 aromatic carbocycles. The van der Waals surface area contributed by atoms with Gasteiger partial charge in [0, 0.05) is 11.0 Å². The molecule has 0 saturated heterocycles. The van der Waals surface area contributed by atoms with Gasteiger partial charge in [-0.05, 0) is 65.0 Å². The predicted molar refractivity (Wildman–Crippen MR) is 118 cm³/mol. The van der Waals surface area contributed by atoms with Gasteiger partial charge in [-0.25, -0.2) is 10.2 Å². The van der Waals surface area contributed by atoms with E-state index in [0.717, 1.165) is 21.8 Å². The molecule has 0 fully saturated rings. The molecule has 1 aromatic heterocycles. The third-order valence-electron chi connectivity index (χ3n) is 3.94. The molecule has 30 heavy (non-hydrogen) atoms. The predicted octanol–water partition coefficient (Wildman–Crippen LogP) is 4.07. The number of benzene rings is 2.